The summed E-state index contributed by atoms with van der Waals surface area (Å²) >= 11 is 0. The minimum absolute atomic E-state index is 0.0258. The van der Waals surface area contributed by atoms with E-state index in [1.54, 1.807) is 28.4 Å². The van der Waals surface area contributed by atoms with Gasteiger partial charge in [0.1, 0.15) is 12.6 Å². The molecule has 5 heteroatoms. The lowest BCUT2D eigenvalue weighted by molar-refractivity contribution is -0.956. The average Bonchev–Trinajstić information content (AvgIpc) is 2.74. The first-order valence-corrected chi connectivity index (χ1v) is 9.13. The van der Waals surface area contributed by atoms with Crippen LogP contribution in [0.5, 0.6) is 23.0 Å². The predicted molar refractivity (Wildman–Crippen MR) is 104 cm³/mol. The standard InChI is InChI=1S/C22H28NO4/c1-23-7-6-14-9-19(24-2)22(27-5)12-17(14)18(23)8-15-10-20(25-3)21(26-4)11-16(15)13-23/h9-12,18H,6-8,13H2,1-5H3/q+1/t18-,23-/m0/s1/i1D3. The van der Waals surface area contributed by atoms with Crippen molar-refractivity contribution in [2.45, 2.75) is 25.4 Å². The lowest BCUT2D eigenvalue weighted by atomic mass is 9.81. The van der Waals surface area contributed by atoms with Gasteiger partial charge in [0.15, 0.2) is 23.0 Å². The first-order chi connectivity index (χ1) is 14.3. The Bertz CT molecular complexity index is 976. The van der Waals surface area contributed by atoms with Gasteiger partial charge in [0.25, 0.3) is 0 Å². The van der Waals surface area contributed by atoms with Crippen LogP contribution < -0.4 is 18.9 Å². The largest absolute Gasteiger partial charge is 0.493 e. The van der Waals surface area contributed by atoms with Crippen LogP contribution in [-0.4, -0.2) is 46.4 Å². The van der Waals surface area contributed by atoms with Gasteiger partial charge in [-0.2, -0.15) is 0 Å². The summed E-state index contributed by atoms with van der Waals surface area (Å²) in [5, 5.41) is 0. The lowest BCUT2D eigenvalue weighted by Gasteiger charge is -2.49. The van der Waals surface area contributed by atoms with Crippen LogP contribution in [0.3, 0.4) is 0 Å². The van der Waals surface area contributed by atoms with Gasteiger partial charge in [-0.1, -0.05) is 0 Å². The Morgan fingerprint density at radius 1 is 0.815 bits per heavy atom. The molecule has 2 heterocycles. The molecule has 2 aliphatic heterocycles. The van der Waals surface area contributed by atoms with Crippen molar-refractivity contribution in [3.8, 4) is 23.0 Å². The molecule has 2 aliphatic rings. The van der Waals surface area contributed by atoms with Gasteiger partial charge in [0.05, 0.1) is 46.1 Å². The second-order valence-corrected chi connectivity index (χ2v) is 7.27. The Hall–Kier alpha value is -2.40. The summed E-state index contributed by atoms with van der Waals surface area (Å²) in [5.74, 6) is 2.59. The number of quaternary nitrogens is 1. The molecule has 4 rings (SSSR count). The molecule has 0 N–H and O–H groups in total. The molecule has 0 saturated heterocycles. The fourth-order valence-electron chi connectivity index (χ4n) is 4.49. The monoisotopic (exact) mass is 373 g/mol. The van der Waals surface area contributed by atoms with E-state index < -0.39 is 6.98 Å². The van der Waals surface area contributed by atoms with Gasteiger partial charge in [0.2, 0.25) is 0 Å². The first-order valence-electron chi connectivity index (χ1n) is 10.6. The number of fused-ring (bicyclic) bond motifs is 4. The van der Waals surface area contributed by atoms with Gasteiger partial charge >= 0.3 is 0 Å². The summed E-state index contributed by atoms with van der Waals surface area (Å²) in [7, 11) is 6.43. The normalized spacial score (nSPS) is 25.0. The summed E-state index contributed by atoms with van der Waals surface area (Å²) in [6.07, 6.45) is 1.28. The molecule has 144 valence electrons. The molecule has 2 atom stereocenters. The molecule has 2 aromatic rings. The molecular weight excluding hydrogens is 342 g/mol. The molecule has 27 heavy (non-hydrogen) atoms. The van der Waals surface area contributed by atoms with E-state index in [1.807, 2.05) is 24.3 Å². The highest BCUT2D eigenvalue weighted by molar-refractivity contribution is 5.51. The molecule has 0 aromatic heterocycles. The Labute approximate surface area is 165 Å². The summed E-state index contributed by atoms with van der Waals surface area (Å²) in [5.41, 5.74) is 4.25. The topological polar surface area (TPSA) is 36.9 Å². The van der Waals surface area contributed by atoms with Crippen molar-refractivity contribution in [3.63, 3.8) is 0 Å². The van der Waals surface area contributed by atoms with Crippen molar-refractivity contribution < 1.29 is 27.5 Å². The van der Waals surface area contributed by atoms with E-state index in [-0.39, 0.29) is 10.5 Å². The quantitative estimate of drug-likeness (QED) is 0.769. The van der Waals surface area contributed by atoms with Crippen molar-refractivity contribution in [1.82, 2.24) is 0 Å². The fourth-order valence-corrected chi connectivity index (χ4v) is 4.49. The van der Waals surface area contributed by atoms with Crippen molar-refractivity contribution in [3.05, 3.63) is 46.5 Å². The Morgan fingerprint density at radius 3 is 1.96 bits per heavy atom. The van der Waals surface area contributed by atoms with E-state index in [9.17, 15) is 0 Å². The van der Waals surface area contributed by atoms with E-state index in [2.05, 4.69) is 0 Å². The summed E-state index contributed by atoms with van der Waals surface area (Å²) < 4.78 is 47.4. The molecule has 0 amide bonds. The maximum Gasteiger partial charge on any atom is 0.161 e. The molecule has 0 unspecified atom stereocenters. The van der Waals surface area contributed by atoms with Crippen LogP contribution in [0.15, 0.2) is 24.3 Å². The van der Waals surface area contributed by atoms with Crippen LogP contribution in [0.1, 0.15) is 32.4 Å². The zero-order valence-corrected chi connectivity index (χ0v) is 16.3. The molecule has 2 aromatic carbocycles. The first kappa shape index (κ1) is 14.6. The number of likely N-dealkylation sites (N-methyl/N-ethyl adjacent to an activating group) is 1. The Balaban J connectivity index is 1.90. The third-order valence-electron chi connectivity index (χ3n) is 5.95. The summed E-state index contributed by atoms with van der Waals surface area (Å²) in [6, 6.07) is 7.66. The third kappa shape index (κ3) is 2.81. The van der Waals surface area contributed by atoms with Crippen molar-refractivity contribution in [2.75, 3.05) is 42.0 Å². The number of hydrogen-bond donors (Lipinski definition) is 0. The van der Waals surface area contributed by atoms with Gasteiger partial charge in [-0.3, -0.25) is 0 Å². The van der Waals surface area contributed by atoms with Gasteiger partial charge in [-0.25, -0.2) is 0 Å². The molecule has 0 fully saturated rings. The van der Waals surface area contributed by atoms with E-state index in [1.165, 1.54) is 0 Å². The SMILES string of the molecule is [2H]C([2H])([2H])[N@@+]12CCc3cc(OC)c(OC)cc3[C@@H]1Cc1cc(OC)c(OC)cc1C2. The van der Waals surface area contributed by atoms with E-state index >= 15 is 0 Å². The third-order valence-corrected chi connectivity index (χ3v) is 5.95. The number of methoxy groups -OCH3 is 4. The molecular formula is C22H28NO4+. The number of nitrogens with zero attached hydrogens (tertiary/aromatic N) is 1. The van der Waals surface area contributed by atoms with Crippen molar-refractivity contribution in [1.29, 1.82) is 0 Å². The molecule has 0 radical (unpaired) electrons. The summed E-state index contributed by atoms with van der Waals surface area (Å²) in [4.78, 5) is 0. The highest BCUT2D eigenvalue weighted by Crippen LogP contribution is 2.47. The molecule has 0 bridgehead atoms. The minimum Gasteiger partial charge on any atom is -0.493 e. The maximum absolute atomic E-state index is 8.47. The number of hydrogen-bond acceptors (Lipinski definition) is 4. The molecule has 0 spiro atoms. The van der Waals surface area contributed by atoms with Gasteiger partial charge in [0, 0.05) is 24.0 Å². The maximum atomic E-state index is 8.47. The Kier molecular flexibility index (Phi) is 3.60. The molecule has 0 saturated carbocycles. The minimum atomic E-state index is -2.15. The van der Waals surface area contributed by atoms with Gasteiger partial charge < -0.3 is 23.4 Å². The average molecular weight is 373 g/mol. The van der Waals surface area contributed by atoms with Gasteiger partial charge in [-0.15, -0.1) is 0 Å². The number of benzene rings is 2. The van der Waals surface area contributed by atoms with Crippen molar-refractivity contribution >= 4 is 0 Å². The van der Waals surface area contributed by atoms with Gasteiger partial charge in [-0.05, 0) is 35.4 Å². The predicted octanol–water partition coefficient (Wildman–Crippen LogP) is 3.52. The van der Waals surface area contributed by atoms with Crippen molar-refractivity contribution in [2.24, 2.45) is 0 Å². The number of rotatable bonds is 4. The second-order valence-electron chi connectivity index (χ2n) is 7.27. The highest BCUT2D eigenvalue weighted by Gasteiger charge is 2.43. The zero-order valence-electron chi connectivity index (χ0n) is 19.3. The van der Waals surface area contributed by atoms with Crippen LogP contribution in [0.25, 0.3) is 0 Å². The zero-order chi connectivity index (χ0) is 21.7. The smallest absolute Gasteiger partial charge is 0.161 e. The highest BCUT2D eigenvalue weighted by atomic mass is 16.5. The lowest BCUT2D eigenvalue weighted by Crippen LogP contribution is -2.53. The Morgan fingerprint density at radius 2 is 1.37 bits per heavy atom. The van der Waals surface area contributed by atoms with Crippen LogP contribution in [0.4, 0.5) is 0 Å². The molecule has 0 aliphatic carbocycles. The summed E-state index contributed by atoms with van der Waals surface area (Å²) in [6.45, 7) is -1.19. The second kappa shape index (κ2) is 6.64. The van der Waals surface area contributed by atoms with E-state index in [4.69, 9.17) is 23.1 Å². The van der Waals surface area contributed by atoms with Crippen LogP contribution in [0, 0.1) is 0 Å². The fraction of sp³-hybridized carbons (Fsp3) is 0.455. The van der Waals surface area contributed by atoms with Crippen LogP contribution in [-0.2, 0) is 19.4 Å². The van der Waals surface area contributed by atoms with E-state index in [0.29, 0.717) is 48.9 Å². The van der Waals surface area contributed by atoms with E-state index in [0.717, 1.165) is 22.3 Å². The molecule has 5 nitrogen and oxygen atoms in total. The number of ether oxygens (including phenoxy) is 4. The van der Waals surface area contributed by atoms with Crippen LogP contribution in [0.2, 0.25) is 0 Å². The van der Waals surface area contributed by atoms with Crippen LogP contribution >= 0.6 is 0 Å².